The molecule has 0 aromatic carbocycles. The molecule has 46 heavy (non-hydrogen) atoms. The maximum atomic E-state index is 12.9. The molecule has 9 atom stereocenters. The highest BCUT2D eigenvalue weighted by Gasteiger charge is 2.44. The highest BCUT2D eigenvalue weighted by atomic mass is 16.7. The molecule has 0 aromatic rings. The average molecular weight is 658 g/mol. The number of hydrogen-bond donors (Lipinski definition) is 8. The standard InChI is InChI=1S/C35H63NO10/c1-3-5-7-9-11-13-15-16-18-20-22-27(38)30(40)26(25-45-35-33(43)32(42)31(41)29(24-37)46-35)36-34(44)28(39)23-21-19-17-14-12-10-8-6-4-2/h7,9-10,12,15-16,26-33,35,37-43H,3-6,8,11,13-14,17-25H2,1-2H3,(H,36,44)/b9-7+,12-10-,16-15+. The van der Waals surface area contributed by atoms with Crippen LogP contribution in [0.3, 0.4) is 0 Å². The van der Waals surface area contributed by atoms with Gasteiger partial charge in [0.25, 0.3) is 0 Å². The van der Waals surface area contributed by atoms with Crippen LogP contribution in [-0.2, 0) is 14.3 Å². The van der Waals surface area contributed by atoms with Crippen LogP contribution in [0.25, 0.3) is 0 Å². The van der Waals surface area contributed by atoms with E-state index in [0.29, 0.717) is 19.3 Å². The van der Waals surface area contributed by atoms with Gasteiger partial charge in [0.05, 0.1) is 25.4 Å². The summed E-state index contributed by atoms with van der Waals surface area (Å²) in [7, 11) is 0. The van der Waals surface area contributed by atoms with E-state index in [1.807, 2.05) is 6.08 Å². The molecule has 1 amide bonds. The summed E-state index contributed by atoms with van der Waals surface area (Å²) in [6.45, 7) is 3.20. The molecule has 1 heterocycles. The van der Waals surface area contributed by atoms with Gasteiger partial charge in [-0.1, -0.05) is 82.4 Å². The highest BCUT2D eigenvalue weighted by molar-refractivity contribution is 5.80. The number of ether oxygens (including phenoxy) is 2. The lowest BCUT2D eigenvalue weighted by atomic mass is 9.98. The molecule has 0 aromatic heterocycles. The van der Waals surface area contributed by atoms with Crippen LogP contribution in [-0.4, -0.2) is 110 Å². The van der Waals surface area contributed by atoms with E-state index < -0.39 is 74.2 Å². The molecular weight excluding hydrogens is 594 g/mol. The van der Waals surface area contributed by atoms with Gasteiger partial charge in [-0.15, -0.1) is 0 Å². The van der Waals surface area contributed by atoms with Crippen molar-refractivity contribution in [3.05, 3.63) is 36.5 Å². The Balaban J connectivity index is 2.69. The van der Waals surface area contributed by atoms with E-state index in [2.05, 4.69) is 49.5 Å². The molecule has 0 spiro atoms. The van der Waals surface area contributed by atoms with Crippen LogP contribution in [0, 0.1) is 0 Å². The van der Waals surface area contributed by atoms with E-state index in [0.717, 1.165) is 57.8 Å². The van der Waals surface area contributed by atoms with Gasteiger partial charge in [0, 0.05) is 0 Å². The first-order valence-electron chi connectivity index (χ1n) is 17.4. The summed E-state index contributed by atoms with van der Waals surface area (Å²) < 4.78 is 11.0. The van der Waals surface area contributed by atoms with Crippen molar-refractivity contribution in [1.82, 2.24) is 5.32 Å². The molecule has 0 aliphatic carbocycles. The zero-order chi connectivity index (χ0) is 34.2. The number of nitrogens with one attached hydrogen (secondary N) is 1. The minimum absolute atomic E-state index is 0.227. The Labute approximate surface area is 276 Å². The van der Waals surface area contributed by atoms with Crippen LogP contribution in [0.2, 0.25) is 0 Å². The van der Waals surface area contributed by atoms with Crippen molar-refractivity contribution < 1.29 is 50.0 Å². The van der Waals surface area contributed by atoms with E-state index in [1.165, 1.54) is 6.42 Å². The first kappa shape index (κ1) is 42.4. The van der Waals surface area contributed by atoms with E-state index in [-0.39, 0.29) is 12.8 Å². The number of carbonyl (C=O) groups excluding carboxylic acids is 1. The molecule has 11 heteroatoms. The number of rotatable bonds is 26. The Hall–Kier alpha value is -1.67. The highest BCUT2D eigenvalue weighted by Crippen LogP contribution is 2.23. The van der Waals surface area contributed by atoms with Gasteiger partial charge in [0.1, 0.15) is 36.6 Å². The van der Waals surface area contributed by atoms with Gasteiger partial charge in [-0.25, -0.2) is 0 Å². The van der Waals surface area contributed by atoms with Gasteiger partial charge in [0.15, 0.2) is 6.29 Å². The number of allylic oxidation sites excluding steroid dienone is 6. The number of aliphatic hydroxyl groups is 7. The smallest absolute Gasteiger partial charge is 0.249 e. The predicted octanol–water partition coefficient (Wildman–Crippen LogP) is 2.93. The quantitative estimate of drug-likeness (QED) is 0.0507. The maximum Gasteiger partial charge on any atom is 0.249 e. The van der Waals surface area contributed by atoms with Gasteiger partial charge in [-0.3, -0.25) is 4.79 Å². The first-order chi connectivity index (χ1) is 22.2. The second-order valence-corrected chi connectivity index (χ2v) is 12.2. The van der Waals surface area contributed by atoms with Gasteiger partial charge in [-0.2, -0.15) is 0 Å². The zero-order valence-electron chi connectivity index (χ0n) is 28.0. The summed E-state index contributed by atoms with van der Waals surface area (Å²) in [6.07, 6.45) is 13.8. The number of hydrogen-bond acceptors (Lipinski definition) is 10. The third kappa shape index (κ3) is 17.5. The molecular formula is C35H63NO10. The SMILES string of the molecule is CCC/C=C/CC/C=C/CCCC(O)C(O)C(COC1OC(CO)C(O)C(O)C1O)NC(=O)C(O)CCCCC/C=C\CCCC. The number of amides is 1. The topological polar surface area (TPSA) is 189 Å². The molecule has 8 N–H and O–H groups in total. The third-order valence-corrected chi connectivity index (χ3v) is 8.12. The largest absolute Gasteiger partial charge is 0.394 e. The number of aliphatic hydroxyl groups excluding tert-OH is 7. The van der Waals surface area contributed by atoms with Crippen molar-refractivity contribution in [2.45, 2.75) is 165 Å². The Kier molecular flexibility index (Phi) is 24.2. The van der Waals surface area contributed by atoms with Crippen LogP contribution in [0.1, 0.15) is 110 Å². The van der Waals surface area contributed by atoms with Crippen molar-refractivity contribution >= 4 is 5.91 Å². The molecule has 0 saturated carbocycles. The molecule has 0 bridgehead atoms. The second kappa shape index (κ2) is 26.3. The van der Waals surface area contributed by atoms with Crippen LogP contribution < -0.4 is 5.32 Å². The van der Waals surface area contributed by atoms with Crippen LogP contribution in [0.5, 0.6) is 0 Å². The minimum atomic E-state index is -1.67. The van der Waals surface area contributed by atoms with Gasteiger partial charge < -0.3 is 50.5 Å². The van der Waals surface area contributed by atoms with Crippen molar-refractivity contribution in [3.63, 3.8) is 0 Å². The zero-order valence-corrected chi connectivity index (χ0v) is 28.0. The molecule has 1 aliphatic rings. The minimum Gasteiger partial charge on any atom is -0.394 e. The van der Waals surface area contributed by atoms with E-state index >= 15 is 0 Å². The monoisotopic (exact) mass is 657 g/mol. The third-order valence-electron chi connectivity index (χ3n) is 8.12. The van der Waals surface area contributed by atoms with Gasteiger partial charge in [-0.05, 0) is 64.2 Å². The lowest BCUT2D eigenvalue weighted by Crippen LogP contribution is -2.60. The Bertz CT molecular complexity index is 851. The molecule has 1 saturated heterocycles. The molecule has 0 radical (unpaired) electrons. The molecule has 11 nitrogen and oxygen atoms in total. The fraction of sp³-hybridized carbons (Fsp3) is 0.800. The molecule has 1 rings (SSSR count). The second-order valence-electron chi connectivity index (χ2n) is 12.2. The number of unbranched alkanes of at least 4 members (excludes halogenated alkanes) is 8. The summed E-state index contributed by atoms with van der Waals surface area (Å²) >= 11 is 0. The van der Waals surface area contributed by atoms with Crippen LogP contribution in [0.15, 0.2) is 36.5 Å². The summed E-state index contributed by atoms with van der Waals surface area (Å²) in [5, 5.41) is 74.7. The van der Waals surface area contributed by atoms with Crippen LogP contribution in [0.4, 0.5) is 0 Å². The van der Waals surface area contributed by atoms with Crippen molar-refractivity contribution in [1.29, 1.82) is 0 Å². The van der Waals surface area contributed by atoms with Crippen molar-refractivity contribution in [3.8, 4) is 0 Å². The molecule has 9 unspecified atom stereocenters. The Morgan fingerprint density at radius 2 is 1.35 bits per heavy atom. The lowest BCUT2D eigenvalue weighted by molar-refractivity contribution is -0.303. The average Bonchev–Trinajstić information content (AvgIpc) is 3.05. The predicted molar refractivity (Wildman–Crippen MR) is 178 cm³/mol. The van der Waals surface area contributed by atoms with E-state index in [1.54, 1.807) is 0 Å². The maximum absolute atomic E-state index is 12.9. The fourth-order valence-electron chi connectivity index (χ4n) is 5.09. The molecule has 1 aliphatic heterocycles. The summed E-state index contributed by atoms with van der Waals surface area (Å²) in [5.41, 5.74) is 0. The summed E-state index contributed by atoms with van der Waals surface area (Å²) in [4.78, 5) is 12.9. The van der Waals surface area contributed by atoms with Gasteiger partial charge in [0.2, 0.25) is 5.91 Å². The number of carbonyl (C=O) groups is 1. The first-order valence-corrected chi connectivity index (χ1v) is 17.4. The van der Waals surface area contributed by atoms with Crippen molar-refractivity contribution in [2.75, 3.05) is 13.2 Å². The Morgan fingerprint density at radius 1 is 0.739 bits per heavy atom. The lowest BCUT2D eigenvalue weighted by Gasteiger charge is -2.40. The molecule has 1 fully saturated rings. The summed E-state index contributed by atoms with van der Waals surface area (Å²) in [5.74, 6) is -0.732. The van der Waals surface area contributed by atoms with Gasteiger partial charge >= 0.3 is 0 Å². The van der Waals surface area contributed by atoms with Crippen molar-refractivity contribution in [2.24, 2.45) is 0 Å². The van der Waals surface area contributed by atoms with E-state index in [9.17, 15) is 40.5 Å². The van der Waals surface area contributed by atoms with E-state index in [4.69, 9.17) is 9.47 Å². The fourth-order valence-corrected chi connectivity index (χ4v) is 5.09. The normalized spacial score (nSPS) is 24.9. The molecule has 268 valence electrons. The Morgan fingerprint density at radius 3 is 1.98 bits per heavy atom. The summed E-state index contributed by atoms with van der Waals surface area (Å²) in [6, 6.07) is -1.19. The van der Waals surface area contributed by atoms with Crippen LogP contribution >= 0.6 is 0 Å².